The van der Waals surface area contributed by atoms with Crippen LogP contribution in [0, 0.1) is 5.92 Å². The number of hydrogen-bond acceptors (Lipinski definition) is 3. The Morgan fingerprint density at radius 1 is 0.871 bits per heavy atom. The van der Waals surface area contributed by atoms with E-state index in [1.807, 2.05) is 36.4 Å². The van der Waals surface area contributed by atoms with Crippen molar-refractivity contribution in [2.75, 3.05) is 31.5 Å². The van der Waals surface area contributed by atoms with Crippen molar-refractivity contribution in [1.29, 1.82) is 0 Å². The van der Waals surface area contributed by atoms with Crippen LogP contribution in [0.15, 0.2) is 54.6 Å². The maximum atomic E-state index is 12.9. The number of rotatable bonds is 6. The van der Waals surface area contributed by atoms with Crippen molar-refractivity contribution in [3.63, 3.8) is 0 Å². The first kappa shape index (κ1) is 21.4. The van der Waals surface area contributed by atoms with E-state index in [1.54, 1.807) is 4.90 Å². The maximum Gasteiger partial charge on any atom is 0.321 e. The van der Waals surface area contributed by atoms with Crippen LogP contribution >= 0.6 is 0 Å². The SMILES string of the molecule is O=C(NCc1ccccc1CN1CCCC1)[C@H]1CCCN(C(=O)Nc2ccccc2)C1. The lowest BCUT2D eigenvalue weighted by Crippen LogP contribution is -2.46. The molecule has 2 aromatic rings. The van der Waals surface area contributed by atoms with Gasteiger partial charge in [-0.3, -0.25) is 9.69 Å². The van der Waals surface area contributed by atoms with Gasteiger partial charge >= 0.3 is 6.03 Å². The first-order valence-corrected chi connectivity index (χ1v) is 11.4. The van der Waals surface area contributed by atoms with Gasteiger partial charge in [0.25, 0.3) is 0 Å². The highest BCUT2D eigenvalue weighted by atomic mass is 16.2. The van der Waals surface area contributed by atoms with Gasteiger partial charge in [-0.15, -0.1) is 0 Å². The van der Waals surface area contributed by atoms with E-state index in [1.165, 1.54) is 24.0 Å². The Labute approximate surface area is 184 Å². The molecule has 0 radical (unpaired) electrons. The van der Waals surface area contributed by atoms with Crippen LogP contribution in [0.1, 0.15) is 36.8 Å². The molecule has 4 rings (SSSR count). The third-order valence-corrected chi connectivity index (χ3v) is 6.27. The summed E-state index contributed by atoms with van der Waals surface area (Å²) < 4.78 is 0. The predicted octanol–water partition coefficient (Wildman–Crippen LogP) is 3.84. The lowest BCUT2D eigenvalue weighted by molar-refractivity contribution is -0.126. The second kappa shape index (κ2) is 10.4. The molecule has 6 heteroatoms. The molecular formula is C25H32N4O2. The molecule has 2 aliphatic rings. The zero-order chi connectivity index (χ0) is 21.5. The molecule has 2 saturated heterocycles. The molecule has 2 fully saturated rings. The number of likely N-dealkylation sites (tertiary alicyclic amines) is 2. The summed E-state index contributed by atoms with van der Waals surface area (Å²) in [6, 6.07) is 17.7. The lowest BCUT2D eigenvalue weighted by Gasteiger charge is -2.32. The minimum atomic E-state index is -0.166. The number of carbonyl (C=O) groups is 2. The zero-order valence-electron chi connectivity index (χ0n) is 18.1. The molecule has 0 aliphatic carbocycles. The molecule has 0 spiro atoms. The second-order valence-electron chi connectivity index (χ2n) is 8.55. The number of nitrogens with zero attached hydrogens (tertiary/aromatic N) is 2. The Hall–Kier alpha value is -2.86. The van der Waals surface area contributed by atoms with Crippen LogP contribution < -0.4 is 10.6 Å². The largest absolute Gasteiger partial charge is 0.352 e. The second-order valence-corrected chi connectivity index (χ2v) is 8.55. The van der Waals surface area contributed by atoms with E-state index in [-0.39, 0.29) is 17.9 Å². The van der Waals surface area contributed by atoms with Gasteiger partial charge in [0.1, 0.15) is 0 Å². The standard InChI is InChI=1S/C25H32N4O2/c30-24(26-17-20-9-4-5-10-21(20)18-28-14-6-7-15-28)22-11-8-16-29(19-22)25(31)27-23-12-2-1-3-13-23/h1-5,9-10,12-13,22H,6-8,11,14-19H2,(H,26,30)(H,27,31)/t22-/m0/s1. The Bertz CT molecular complexity index is 880. The van der Waals surface area contributed by atoms with Crippen molar-refractivity contribution < 1.29 is 9.59 Å². The van der Waals surface area contributed by atoms with Crippen LogP contribution in [0.2, 0.25) is 0 Å². The fourth-order valence-corrected chi connectivity index (χ4v) is 4.49. The normalized spacial score (nSPS) is 19.2. The average molecular weight is 421 g/mol. The van der Waals surface area contributed by atoms with E-state index in [0.29, 0.717) is 19.6 Å². The topological polar surface area (TPSA) is 64.7 Å². The van der Waals surface area contributed by atoms with Crippen molar-refractivity contribution in [3.05, 3.63) is 65.7 Å². The molecule has 6 nitrogen and oxygen atoms in total. The summed E-state index contributed by atoms with van der Waals surface area (Å²) in [6.07, 6.45) is 4.20. The zero-order valence-corrected chi connectivity index (χ0v) is 18.1. The van der Waals surface area contributed by atoms with E-state index in [0.717, 1.165) is 38.2 Å². The van der Waals surface area contributed by atoms with E-state index < -0.39 is 0 Å². The van der Waals surface area contributed by atoms with Crippen molar-refractivity contribution >= 4 is 17.6 Å². The van der Waals surface area contributed by atoms with Gasteiger partial charge in [0.05, 0.1) is 5.92 Å². The van der Waals surface area contributed by atoms with E-state index >= 15 is 0 Å². The summed E-state index contributed by atoms with van der Waals surface area (Å²) in [4.78, 5) is 29.7. The van der Waals surface area contributed by atoms with Crippen molar-refractivity contribution in [2.45, 2.75) is 38.8 Å². The third-order valence-electron chi connectivity index (χ3n) is 6.27. The Morgan fingerprint density at radius 3 is 2.35 bits per heavy atom. The first-order chi connectivity index (χ1) is 15.2. The summed E-state index contributed by atoms with van der Waals surface area (Å²) in [6.45, 7) is 4.94. The molecule has 0 saturated carbocycles. The van der Waals surface area contributed by atoms with E-state index in [2.05, 4.69) is 33.7 Å². The van der Waals surface area contributed by atoms with Crippen LogP contribution in [-0.2, 0) is 17.9 Å². The number of nitrogens with one attached hydrogen (secondary N) is 2. The Balaban J connectivity index is 1.30. The van der Waals surface area contributed by atoms with Crippen LogP contribution in [0.25, 0.3) is 0 Å². The van der Waals surface area contributed by atoms with Gasteiger partial charge in [0.15, 0.2) is 0 Å². The van der Waals surface area contributed by atoms with Gasteiger partial charge in [-0.25, -0.2) is 4.79 Å². The van der Waals surface area contributed by atoms with Gasteiger partial charge < -0.3 is 15.5 Å². The van der Waals surface area contributed by atoms with Crippen LogP contribution in [0.5, 0.6) is 0 Å². The molecule has 1 atom stereocenters. The lowest BCUT2D eigenvalue weighted by atomic mass is 9.97. The highest BCUT2D eigenvalue weighted by molar-refractivity contribution is 5.90. The molecular weight excluding hydrogens is 388 g/mol. The monoisotopic (exact) mass is 420 g/mol. The summed E-state index contributed by atoms with van der Waals surface area (Å²) in [5, 5.41) is 6.05. The third kappa shape index (κ3) is 5.85. The number of anilines is 1. The van der Waals surface area contributed by atoms with Crippen LogP contribution in [-0.4, -0.2) is 47.9 Å². The van der Waals surface area contributed by atoms with Gasteiger partial charge in [-0.2, -0.15) is 0 Å². The summed E-state index contributed by atoms with van der Waals surface area (Å²) in [5.41, 5.74) is 3.24. The van der Waals surface area contributed by atoms with Crippen molar-refractivity contribution in [2.24, 2.45) is 5.92 Å². The predicted molar refractivity (Wildman–Crippen MR) is 123 cm³/mol. The van der Waals surface area contributed by atoms with Gasteiger partial charge in [0.2, 0.25) is 5.91 Å². The van der Waals surface area contributed by atoms with Crippen molar-refractivity contribution in [1.82, 2.24) is 15.1 Å². The number of carbonyl (C=O) groups excluding carboxylic acids is 2. The summed E-state index contributed by atoms with van der Waals surface area (Å²) in [5.74, 6) is -0.130. The number of para-hydroxylation sites is 1. The fraction of sp³-hybridized carbons (Fsp3) is 0.440. The first-order valence-electron chi connectivity index (χ1n) is 11.4. The molecule has 31 heavy (non-hydrogen) atoms. The number of hydrogen-bond donors (Lipinski definition) is 2. The maximum absolute atomic E-state index is 12.9. The minimum absolute atomic E-state index is 0.0354. The van der Waals surface area contributed by atoms with Gasteiger partial charge in [0, 0.05) is 31.9 Å². The molecule has 2 aliphatic heterocycles. The van der Waals surface area contributed by atoms with Gasteiger partial charge in [-0.1, -0.05) is 42.5 Å². The molecule has 2 aromatic carbocycles. The molecule has 0 bridgehead atoms. The Kier molecular flexibility index (Phi) is 7.20. The number of piperidine rings is 1. The van der Waals surface area contributed by atoms with Crippen LogP contribution in [0.4, 0.5) is 10.5 Å². The highest BCUT2D eigenvalue weighted by Crippen LogP contribution is 2.20. The van der Waals surface area contributed by atoms with Crippen LogP contribution in [0.3, 0.4) is 0 Å². The summed E-state index contributed by atoms with van der Waals surface area (Å²) in [7, 11) is 0. The van der Waals surface area contributed by atoms with Crippen molar-refractivity contribution in [3.8, 4) is 0 Å². The quantitative estimate of drug-likeness (QED) is 0.746. The number of amides is 3. The summed E-state index contributed by atoms with van der Waals surface area (Å²) >= 11 is 0. The van der Waals surface area contributed by atoms with E-state index in [4.69, 9.17) is 0 Å². The molecule has 164 valence electrons. The molecule has 0 unspecified atom stereocenters. The fourth-order valence-electron chi connectivity index (χ4n) is 4.49. The van der Waals surface area contributed by atoms with Gasteiger partial charge in [-0.05, 0) is 62.0 Å². The Morgan fingerprint density at radius 2 is 1.58 bits per heavy atom. The smallest absolute Gasteiger partial charge is 0.321 e. The number of urea groups is 1. The van der Waals surface area contributed by atoms with E-state index in [9.17, 15) is 9.59 Å². The minimum Gasteiger partial charge on any atom is -0.352 e. The molecule has 2 N–H and O–H groups in total. The highest BCUT2D eigenvalue weighted by Gasteiger charge is 2.28. The molecule has 0 aromatic heterocycles. The molecule has 2 heterocycles. The average Bonchev–Trinajstić information content (AvgIpc) is 3.32. The number of benzene rings is 2. The molecule has 3 amide bonds.